The van der Waals surface area contributed by atoms with E-state index in [-0.39, 0.29) is 0 Å². The van der Waals surface area contributed by atoms with Gasteiger partial charge in [-0.2, -0.15) is 0 Å². The van der Waals surface area contributed by atoms with E-state index < -0.39 is 0 Å². The zero-order chi connectivity index (χ0) is 22.6. The van der Waals surface area contributed by atoms with Crippen LogP contribution in [0.3, 0.4) is 0 Å². The van der Waals surface area contributed by atoms with Crippen LogP contribution >= 0.6 is 11.6 Å². The van der Waals surface area contributed by atoms with Crippen LogP contribution in [0.4, 0.5) is 0 Å². The Bertz CT molecular complexity index is 1360. The Morgan fingerprint density at radius 3 is 1.45 bits per heavy atom. The molecule has 0 atom stereocenters. The Morgan fingerprint density at radius 1 is 0.485 bits per heavy atom. The first-order valence-electron chi connectivity index (χ1n) is 10.6. The first-order chi connectivity index (χ1) is 16.2. The van der Waals surface area contributed by atoms with Crippen molar-refractivity contribution >= 4 is 16.6 Å². The molecule has 0 aliphatic heterocycles. The van der Waals surface area contributed by atoms with Gasteiger partial charge in [-0.25, -0.2) is 15.0 Å². The van der Waals surface area contributed by atoms with Crippen LogP contribution < -0.4 is 0 Å². The summed E-state index contributed by atoms with van der Waals surface area (Å²) in [6.45, 7) is 3.79. The minimum absolute atomic E-state index is 0.530. The lowest BCUT2D eigenvalue weighted by atomic mass is 10.0. The number of rotatable bonds is 5. The molecule has 1 aromatic heterocycles. The summed E-state index contributed by atoms with van der Waals surface area (Å²) in [5.41, 5.74) is 5.89. The van der Waals surface area contributed by atoms with Crippen molar-refractivity contribution in [2.24, 2.45) is 0 Å². The molecule has 4 heteroatoms. The smallest absolute Gasteiger partial charge is 0.164 e. The molecule has 158 valence electrons. The molecule has 0 N–H and O–H groups in total. The summed E-state index contributed by atoms with van der Waals surface area (Å²) in [4.78, 5) is 14.4. The van der Waals surface area contributed by atoms with E-state index in [9.17, 15) is 0 Å². The summed E-state index contributed by atoms with van der Waals surface area (Å²) >= 11 is 6.02. The van der Waals surface area contributed by atoms with Crippen molar-refractivity contribution in [3.63, 3.8) is 0 Å². The van der Waals surface area contributed by atoms with Crippen molar-refractivity contribution in [1.82, 2.24) is 15.0 Å². The van der Waals surface area contributed by atoms with E-state index in [2.05, 4.69) is 18.7 Å². The summed E-state index contributed by atoms with van der Waals surface area (Å²) in [7, 11) is 0. The van der Waals surface area contributed by atoms with Crippen LogP contribution in [0.2, 0.25) is 0 Å². The number of aromatic nitrogens is 3. The lowest BCUT2D eigenvalue weighted by molar-refractivity contribution is 1.07. The molecule has 0 unspecified atom stereocenters. The van der Waals surface area contributed by atoms with Crippen molar-refractivity contribution in [1.29, 1.82) is 0 Å². The zero-order valence-electron chi connectivity index (χ0n) is 17.8. The fourth-order valence-electron chi connectivity index (χ4n) is 3.62. The second-order valence-corrected chi connectivity index (χ2v) is 8.06. The molecule has 0 saturated heterocycles. The summed E-state index contributed by atoms with van der Waals surface area (Å²) in [5, 5.41) is 0.530. The Morgan fingerprint density at radius 2 is 0.939 bits per heavy atom. The molecule has 3 nitrogen and oxygen atoms in total. The third-order valence-electron chi connectivity index (χ3n) is 5.35. The fraction of sp³-hybridized carbons (Fsp3) is 0. The topological polar surface area (TPSA) is 38.7 Å². The van der Waals surface area contributed by atoms with Gasteiger partial charge in [-0.05, 0) is 22.8 Å². The molecule has 0 aliphatic rings. The summed E-state index contributed by atoms with van der Waals surface area (Å²) < 4.78 is 0. The summed E-state index contributed by atoms with van der Waals surface area (Å²) in [6, 6.07) is 36.2. The Balaban J connectivity index is 1.61. The molecule has 0 bridgehead atoms. The summed E-state index contributed by atoms with van der Waals surface area (Å²) in [6.07, 6.45) is 0. The Labute approximate surface area is 198 Å². The molecular weight excluding hydrogens is 426 g/mol. The van der Waals surface area contributed by atoms with Gasteiger partial charge in [0.15, 0.2) is 17.5 Å². The van der Waals surface area contributed by atoms with Crippen molar-refractivity contribution in [2.45, 2.75) is 0 Å². The highest BCUT2D eigenvalue weighted by Crippen LogP contribution is 2.29. The predicted molar refractivity (Wildman–Crippen MR) is 136 cm³/mol. The average Bonchev–Trinajstić information content (AvgIpc) is 2.89. The number of nitrogens with zero attached hydrogens (tertiary/aromatic N) is 3. The van der Waals surface area contributed by atoms with Crippen LogP contribution in [-0.2, 0) is 0 Å². The van der Waals surface area contributed by atoms with Gasteiger partial charge in [-0.15, -0.1) is 0 Å². The van der Waals surface area contributed by atoms with Gasteiger partial charge in [0.2, 0.25) is 0 Å². The molecule has 0 saturated carbocycles. The van der Waals surface area contributed by atoms with Gasteiger partial charge < -0.3 is 0 Å². The molecule has 0 amide bonds. The number of benzene rings is 4. The lowest BCUT2D eigenvalue weighted by Gasteiger charge is -2.10. The maximum atomic E-state index is 6.02. The van der Waals surface area contributed by atoms with Crippen molar-refractivity contribution in [3.8, 4) is 45.3 Å². The fourth-order valence-corrected chi connectivity index (χ4v) is 3.75. The highest BCUT2D eigenvalue weighted by Gasteiger charge is 2.12. The van der Waals surface area contributed by atoms with Crippen molar-refractivity contribution in [2.75, 3.05) is 0 Å². The number of hydrogen-bond donors (Lipinski definition) is 0. The molecular formula is C29H20ClN3. The standard InChI is InChI=1S/C29H20ClN3/c1-20(30)21-15-17-22(18-16-21)25-13-8-14-26(19-25)29-32-27(23-9-4-2-5-10-23)31-28(33-29)24-11-6-3-7-12-24/h2-19H,1H2. The van der Waals surface area contributed by atoms with E-state index in [0.29, 0.717) is 22.5 Å². The van der Waals surface area contributed by atoms with Gasteiger partial charge in [-0.1, -0.05) is 121 Å². The zero-order valence-corrected chi connectivity index (χ0v) is 18.6. The van der Waals surface area contributed by atoms with Gasteiger partial charge in [0.25, 0.3) is 0 Å². The molecule has 0 aliphatic carbocycles. The second-order valence-electron chi connectivity index (χ2n) is 7.60. The van der Waals surface area contributed by atoms with Crippen molar-refractivity contribution < 1.29 is 0 Å². The minimum atomic E-state index is 0.530. The maximum Gasteiger partial charge on any atom is 0.164 e. The number of hydrogen-bond acceptors (Lipinski definition) is 3. The van der Waals surface area contributed by atoms with E-state index in [0.717, 1.165) is 33.4 Å². The lowest BCUT2D eigenvalue weighted by Crippen LogP contribution is -2.00. The van der Waals surface area contributed by atoms with Gasteiger partial charge in [0.1, 0.15) is 0 Å². The minimum Gasteiger partial charge on any atom is -0.208 e. The van der Waals surface area contributed by atoms with E-state index in [4.69, 9.17) is 26.6 Å². The molecule has 1 heterocycles. The SMILES string of the molecule is C=C(Cl)c1ccc(-c2cccc(-c3nc(-c4ccccc4)nc(-c4ccccc4)n3)c2)cc1. The molecule has 5 aromatic rings. The van der Waals surface area contributed by atoms with Gasteiger partial charge in [-0.3, -0.25) is 0 Å². The molecule has 0 spiro atoms. The van der Waals surface area contributed by atoms with E-state index in [1.54, 1.807) is 0 Å². The normalized spacial score (nSPS) is 10.7. The quantitative estimate of drug-likeness (QED) is 0.277. The monoisotopic (exact) mass is 445 g/mol. The van der Waals surface area contributed by atoms with Crippen LogP contribution in [0.25, 0.3) is 50.3 Å². The average molecular weight is 446 g/mol. The van der Waals surface area contributed by atoms with Crippen LogP contribution in [0.15, 0.2) is 116 Å². The van der Waals surface area contributed by atoms with Crippen LogP contribution in [0, 0.1) is 0 Å². The third kappa shape index (κ3) is 4.59. The predicted octanol–water partition coefficient (Wildman–Crippen LogP) is 7.75. The van der Waals surface area contributed by atoms with E-state index >= 15 is 0 Å². The molecule has 33 heavy (non-hydrogen) atoms. The third-order valence-corrected chi connectivity index (χ3v) is 5.57. The molecule has 0 fully saturated rings. The molecule has 0 radical (unpaired) electrons. The van der Waals surface area contributed by atoms with Crippen LogP contribution in [0.5, 0.6) is 0 Å². The van der Waals surface area contributed by atoms with Crippen LogP contribution in [0.1, 0.15) is 5.56 Å². The van der Waals surface area contributed by atoms with Gasteiger partial charge >= 0.3 is 0 Å². The van der Waals surface area contributed by atoms with E-state index in [1.807, 2.05) is 97.1 Å². The second kappa shape index (κ2) is 9.19. The first kappa shape index (κ1) is 20.8. The first-order valence-corrected chi connectivity index (χ1v) is 11.0. The summed E-state index contributed by atoms with van der Waals surface area (Å²) in [5.74, 6) is 1.93. The Hall–Kier alpha value is -4.08. The van der Waals surface area contributed by atoms with Crippen molar-refractivity contribution in [3.05, 3.63) is 121 Å². The molecule has 5 rings (SSSR count). The maximum absolute atomic E-state index is 6.02. The number of halogens is 1. The highest BCUT2D eigenvalue weighted by atomic mass is 35.5. The van der Waals surface area contributed by atoms with E-state index in [1.165, 1.54) is 0 Å². The van der Waals surface area contributed by atoms with Gasteiger partial charge in [0.05, 0.1) is 0 Å². The largest absolute Gasteiger partial charge is 0.208 e. The van der Waals surface area contributed by atoms with Crippen LogP contribution in [-0.4, -0.2) is 15.0 Å². The molecule has 4 aromatic carbocycles. The highest BCUT2D eigenvalue weighted by molar-refractivity contribution is 6.48. The Kier molecular flexibility index (Phi) is 5.79. The van der Waals surface area contributed by atoms with Gasteiger partial charge in [0, 0.05) is 21.7 Å².